The molecule has 0 N–H and O–H groups in total. The first-order valence-electron chi connectivity index (χ1n) is 6.07. The Morgan fingerprint density at radius 2 is 2.07 bits per heavy atom. The van der Waals surface area contributed by atoms with Crippen LogP contribution in [0.5, 0.6) is 0 Å². The van der Waals surface area contributed by atoms with E-state index in [1.807, 2.05) is 6.08 Å². The van der Waals surface area contributed by atoms with Crippen LogP contribution in [0.15, 0.2) is 12.7 Å². The third kappa shape index (κ3) is 4.33. The fraction of sp³-hybridized carbons (Fsp3) is 0.833. The normalized spacial score (nSPS) is 17.1. The molecule has 1 rings (SSSR count). The van der Waals surface area contributed by atoms with Gasteiger partial charge in [-0.1, -0.05) is 13.0 Å². The Hall–Kier alpha value is -0.380. The van der Waals surface area contributed by atoms with E-state index >= 15 is 0 Å². The van der Waals surface area contributed by atoms with Crippen LogP contribution in [0.3, 0.4) is 0 Å². The van der Waals surface area contributed by atoms with Gasteiger partial charge in [-0.2, -0.15) is 0 Å². The zero-order chi connectivity index (χ0) is 11.1. The highest BCUT2D eigenvalue weighted by atomic mass is 15.6. The molecule has 1 fully saturated rings. The van der Waals surface area contributed by atoms with Crippen LogP contribution in [-0.4, -0.2) is 54.8 Å². The lowest BCUT2D eigenvalue weighted by Gasteiger charge is -2.39. The van der Waals surface area contributed by atoms with Crippen molar-refractivity contribution >= 4 is 0 Å². The van der Waals surface area contributed by atoms with Crippen molar-refractivity contribution in [3.05, 3.63) is 12.7 Å². The number of hydrogen-bond acceptors (Lipinski definition) is 3. The highest BCUT2D eigenvalue weighted by molar-refractivity contribution is 4.70. The Kier molecular flexibility index (Phi) is 5.91. The van der Waals surface area contributed by atoms with E-state index in [2.05, 4.69) is 35.5 Å². The van der Waals surface area contributed by atoms with Gasteiger partial charge in [-0.25, -0.2) is 10.0 Å². The van der Waals surface area contributed by atoms with E-state index in [0.29, 0.717) is 0 Å². The molecule has 0 amide bonds. The van der Waals surface area contributed by atoms with Gasteiger partial charge in [0.25, 0.3) is 0 Å². The zero-order valence-electron chi connectivity index (χ0n) is 10.3. The minimum atomic E-state index is 1.07. The molecule has 88 valence electrons. The first-order chi connectivity index (χ1) is 7.27. The van der Waals surface area contributed by atoms with Crippen LogP contribution >= 0.6 is 0 Å². The number of rotatable bonds is 8. The molecule has 0 aromatic rings. The molecule has 1 heterocycles. The van der Waals surface area contributed by atoms with Crippen LogP contribution in [0.4, 0.5) is 0 Å². The summed E-state index contributed by atoms with van der Waals surface area (Å²) in [5.41, 5.74) is 0. The van der Waals surface area contributed by atoms with Crippen LogP contribution in [-0.2, 0) is 0 Å². The molecule has 0 unspecified atom stereocenters. The highest BCUT2D eigenvalue weighted by Crippen LogP contribution is 2.08. The van der Waals surface area contributed by atoms with E-state index in [4.69, 9.17) is 0 Å². The average Bonchev–Trinajstić information content (AvgIpc) is 2.18. The van der Waals surface area contributed by atoms with Gasteiger partial charge < -0.3 is 0 Å². The van der Waals surface area contributed by atoms with Crippen molar-refractivity contribution in [2.45, 2.75) is 26.2 Å². The maximum atomic E-state index is 3.78. The molecule has 0 aromatic carbocycles. The molecule has 0 bridgehead atoms. The van der Waals surface area contributed by atoms with Crippen molar-refractivity contribution in [1.82, 2.24) is 14.9 Å². The first kappa shape index (κ1) is 12.7. The molecule has 15 heavy (non-hydrogen) atoms. The van der Waals surface area contributed by atoms with E-state index < -0.39 is 0 Å². The lowest BCUT2D eigenvalue weighted by molar-refractivity contribution is -0.0553. The van der Waals surface area contributed by atoms with Gasteiger partial charge in [0.15, 0.2) is 0 Å². The summed E-state index contributed by atoms with van der Waals surface area (Å²) in [5, 5.41) is 4.78. The molecule has 0 aromatic heterocycles. The van der Waals surface area contributed by atoms with Crippen LogP contribution in [0.2, 0.25) is 0 Å². The van der Waals surface area contributed by atoms with E-state index in [1.165, 1.54) is 25.9 Å². The zero-order valence-corrected chi connectivity index (χ0v) is 10.3. The molecule has 0 atom stereocenters. The second-order valence-corrected chi connectivity index (χ2v) is 4.30. The van der Waals surface area contributed by atoms with Crippen LogP contribution in [0.25, 0.3) is 0 Å². The molecule has 1 aliphatic rings. The van der Waals surface area contributed by atoms with Gasteiger partial charge in [-0.15, -0.1) is 6.58 Å². The van der Waals surface area contributed by atoms with E-state index in [0.717, 1.165) is 26.2 Å². The number of likely N-dealkylation sites (tertiary alicyclic amines) is 1. The van der Waals surface area contributed by atoms with Crippen molar-refractivity contribution in [3.8, 4) is 0 Å². The number of hydrazine groups is 1. The van der Waals surface area contributed by atoms with Crippen LogP contribution in [0.1, 0.15) is 26.2 Å². The predicted octanol–water partition coefficient (Wildman–Crippen LogP) is 1.78. The lowest BCUT2D eigenvalue weighted by atomic mass is 10.2. The third-order valence-corrected chi connectivity index (χ3v) is 2.91. The van der Waals surface area contributed by atoms with Crippen molar-refractivity contribution in [2.24, 2.45) is 0 Å². The van der Waals surface area contributed by atoms with E-state index in [1.54, 1.807) is 0 Å². The van der Waals surface area contributed by atoms with Crippen molar-refractivity contribution < 1.29 is 0 Å². The molecular weight excluding hydrogens is 186 g/mol. The lowest BCUT2D eigenvalue weighted by Crippen LogP contribution is -2.50. The van der Waals surface area contributed by atoms with Crippen LogP contribution < -0.4 is 0 Å². The maximum Gasteiger partial charge on any atom is 0.0645 e. The second kappa shape index (κ2) is 6.99. The summed E-state index contributed by atoms with van der Waals surface area (Å²) >= 11 is 0. The summed E-state index contributed by atoms with van der Waals surface area (Å²) in [6.45, 7) is 11.9. The summed E-state index contributed by atoms with van der Waals surface area (Å²) in [5.74, 6) is 0. The largest absolute Gasteiger partial charge is 0.289 e. The third-order valence-electron chi connectivity index (χ3n) is 2.91. The monoisotopic (exact) mass is 211 g/mol. The van der Waals surface area contributed by atoms with Crippen molar-refractivity contribution in [1.29, 1.82) is 0 Å². The Balaban J connectivity index is 2.27. The van der Waals surface area contributed by atoms with Gasteiger partial charge >= 0.3 is 0 Å². The van der Waals surface area contributed by atoms with Crippen LogP contribution in [0, 0.1) is 0 Å². The van der Waals surface area contributed by atoms with Gasteiger partial charge in [-0.3, -0.25) is 4.90 Å². The van der Waals surface area contributed by atoms with E-state index in [-0.39, 0.29) is 0 Å². The molecule has 3 nitrogen and oxygen atoms in total. The van der Waals surface area contributed by atoms with Gasteiger partial charge in [0.05, 0.1) is 6.67 Å². The fourth-order valence-electron chi connectivity index (χ4n) is 1.85. The molecule has 0 radical (unpaired) electrons. The highest BCUT2D eigenvalue weighted by Gasteiger charge is 2.18. The van der Waals surface area contributed by atoms with E-state index in [9.17, 15) is 0 Å². The van der Waals surface area contributed by atoms with Crippen molar-refractivity contribution in [3.63, 3.8) is 0 Å². The first-order valence-corrected chi connectivity index (χ1v) is 6.07. The summed E-state index contributed by atoms with van der Waals surface area (Å²) in [4.78, 5) is 2.48. The van der Waals surface area contributed by atoms with Gasteiger partial charge in [0.1, 0.15) is 0 Å². The van der Waals surface area contributed by atoms with Gasteiger partial charge in [0.2, 0.25) is 0 Å². The number of nitrogens with zero attached hydrogens (tertiary/aromatic N) is 3. The molecular formula is C12H25N3. The summed E-state index contributed by atoms with van der Waals surface area (Å²) in [7, 11) is 2.19. The molecule has 0 spiro atoms. The predicted molar refractivity (Wildman–Crippen MR) is 65.5 cm³/mol. The average molecular weight is 211 g/mol. The summed E-state index contributed by atoms with van der Waals surface area (Å²) in [6.07, 6.45) is 5.65. The Labute approximate surface area is 94.3 Å². The topological polar surface area (TPSA) is 9.72 Å². The minimum Gasteiger partial charge on any atom is -0.289 e. The van der Waals surface area contributed by atoms with Gasteiger partial charge in [0, 0.05) is 33.2 Å². The smallest absolute Gasteiger partial charge is 0.0645 e. The summed E-state index contributed by atoms with van der Waals surface area (Å²) in [6, 6.07) is 0. The van der Waals surface area contributed by atoms with Crippen molar-refractivity contribution in [2.75, 3.05) is 39.9 Å². The fourth-order valence-corrected chi connectivity index (χ4v) is 1.85. The quantitative estimate of drug-likeness (QED) is 0.447. The molecule has 1 saturated heterocycles. The molecule has 0 saturated carbocycles. The Morgan fingerprint density at radius 3 is 2.53 bits per heavy atom. The maximum absolute atomic E-state index is 3.78. The molecule has 3 heteroatoms. The summed E-state index contributed by atoms with van der Waals surface area (Å²) < 4.78 is 0. The Bertz CT molecular complexity index is 178. The van der Waals surface area contributed by atoms with Gasteiger partial charge in [-0.05, 0) is 19.3 Å². The number of hydrogen-bond donors (Lipinski definition) is 0. The SMILES string of the molecule is C=CCCN(CCC)N(C)CN1CCC1. The standard InChI is InChI=1S/C12H25N3/c1-4-6-11-15(8-5-2)13(3)12-14-9-7-10-14/h4H,1,5-12H2,2-3H3. The Morgan fingerprint density at radius 1 is 1.33 bits per heavy atom. The second-order valence-electron chi connectivity index (χ2n) is 4.30. The molecule has 1 aliphatic heterocycles. The molecule has 0 aliphatic carbocycles. The minimum absolute atomic E-state index is 1.07.